The first kappa shape index (κ1) is 6.89. The monoisotopic (exact) mass is 148 g/mol. The van der Waals surface area contributed by atoms with E-state index in [9.17, 15) is 9.18 Å². The quantitative estimate of drug-likeness (QED) is 0.367. The summed E-state index contributed by atoms with van der Waals surface area (Å²) < 4.78 is 16.7. The van der Waals surface area contributed by atoms with Crippen molar-refractivity contribution in [1.82, 2.24) is 0 Å². The topological polar surface area (TPSA) is 26.3 Å². The van der Waals surface area contributed by atoms with Crippen molar-refractivity contribution in [3.05, 3.63) is 0 Å². The van der Waals surface area contributed by atoms with Gasteiger partial charge >= 0.3 is 6.04 Å². The van der Waals surface area contributed by atoms with Crippen molar-refractivity contribution in [2.24, 2.45) is 0 Å². The van der Waals surface area contributed by atoms with E-state index in [2.05, 4.69) is 0 Å². The third-order valence-corrected chi connectivity index (χ3v) is 2.26. The van der Waals surface area contributed by atoms with E-state index in [0.717, 1.165) is 10.2 Å². The van der Waals surface area contributed by atoms with E-state index >= 15 is 0 Å². The molecule has 0 amide bonds. The van der Waals surface area contributed by atoms with Crippen LogP contribution in [-0.2, 0) is 9.53 Å². The Kier molecular flexibility index (Phi) is 1.97. The smallest absolute Gasteiger partial charge is 0.329 e. The summed E-state index contributed by atoms with van der Waals surface area (Å²) in [7, 11) is 0.993. The molecule has 1 saturated heterocycles. The van der Waals surface area contributed by atoms with Gasteiger partial charge in [-0.1, -0.05) is 0 Å². The molecular weight excluding hydrogens is 139 g/mol. The molecule has 0 aliphatic carbocycles. The zero-order valence-electron chi connectivity index (χ0n) is 5.26. The lowest BCUT2D eigenvalue weighted by Crippen LogP contribution is -2.13. The van der Waals surface area contributed by atoms with E-state index in [0.29, 0.717) is 18.6 Å². The highest BCUT2D eigenvalue weighted by atomic mass is 28.1. The number of halogens is 1. The number of rotatable bonds is 1. The van der Waals surface area contributed by atoms with Crippen molar-refractivity contribution in [2.45, 2.75) is 18.1 Å². The molecule has 2 unspecified atom stereocenters. The summed E-state index contributed by atoms with van der Waals surface area (Å²) in [5, 5.41) is 0. The molecule has 0 radical (unpaired) electrons. The van der Waals surface area contributed by atoms with Crippen LogP contribution in [0.2, 0.25) is 5.54 Å². The normalized spacial score (nSPS) is 35.2. The van der Waals surface area contributed by atoms with Crippen LogP contribution in [-0.4, -0.2) is 29.0 Å². The summed E-state index contributed by atoms with van der Waals surface area (Å²) in [5.41, 5.74) is 0.467. The van der Waals surface area contributed by atoms with E-state index in [-0.39, 0.29) is 0 Å². The van der Waals surface area contributed by atoms with E-state index in [1.165, 1.54) is 0 Å². The Bertz CT molecular complexity index is 128. The molecule has 2 atom stereocenters. The minimum Gasteiger partial charge on any atom is -0.367 e. The fourth-order valence-electron chi connectivity index (χ4n) is 0.940. The molecule has 1 aliphatic heterocycles. The van der Waals surface area contributed by atoms with E-state index in [1.807, 2.05) is 0 Å². The van der Waals surface area contributed by atoms with Gasteiger partial charge in [-0.3, -0.25) is 4.79 Å². The number of carbonyl (C=O) groups excluding carboxylic acids is 1. The lowest BCUT2D eigenvalue weighted by Gasteiger charge is -1.97. The number of carbonyl (C=O) groups is 1. The molecule has 0 bridgehead atoms. The molecule has 0 spiro atoms. The molecule has 0 aromatic heterocycles. The minimum absolute atomic E-state index is 0.467. The molecule has 1 heterocycles. The molecule has 1 fully saturated rings. The van der Waals surface area contributed by atoms with Gasteiger partial charge in [-0.05, 0) is 12.0 Å². The van der Waals surface area contributed by atoms with Gasteiger partial charge in [0.15, 0.2) is 0 Å². The average Bonchev–Trinajstić information content (AvgIpc) is 2.14. The van der Waals surface area contributed by atoms with Gasteiger partial charge in [-0.25, -0.2) is 0 Å². The maximum Gasteiger partial charge on any atom is 0.329 e. The predicted octanol–water partition coefficient (Wildman–Crippen LogP) is -0.575. The van der Waals surface area contributed by atoms with Gasteiger partial charge in [-0.2, -0.15) is 4.39 Å². The average molecular weight is 148 g/mol. The summed E-state index contributed by atoms with van der Waals surface area (Å²) in [6, 6.07) is -1.31. The minimum atomic E-state index is -1.31. The first-order chi connectivity index (χ1) is 4.20. The largest absolute Gasteiger partial charge is 0.367 e. The van der Waals surface area contributed by atoms with E-state index in [1.54, 1.807) is 0 Å². The second kappa shape index (κ2) is 2.58. The van der Waals surface area contributed by atoms with Crippen molar-refractivity contribution >= 4 is 16.3 Å². The Morgan fingerprint density at radius 1 is 1.78 bits per heavy atom. The fraction of sp³-hybridized carbons (Fsp3) is 0.800. The first-order valence-electron chi connectivity index (χ1n) is 3.01. The molecule has 0 aromatic carbocycles. The first-order valence-corrected chi connectivity index (χ1v) is 4.16. The lowest BCUT2D eigenvalue weighted by atomic mass is 10.2. The number of hydrogen-bond donors (Lipinski definition) is 0. The van der Waals surface area contributed by atoms with Crippen LogP contribution >= 0.6 is 0 Å². The van der Waals surface area contributed by atoms with Crippen molar-refractivity contribution in [2.75, 3.05) is 6.61 Å². The molecule has 1 aliphatic rings. The molecule has 0 saturated carbocycles. The SMILES string of the molecule is O=C(F)C1CC([SiH3])CO1. The number of ether oxygens (including phenoxy) is 1. The second-order valence-corrected chi connectivity index (χ2v) is 4.10. The standard InChI is InChI=1S/C5H9FO2Si/c6-5(7)4-1-3(9)2-8-4/h3-4H,1-2H2,9H3. The Morgan fingerprint density at radius 2 is 2.44 bits per heavy atom. The highest BCUT2D eigenvalue weighted by Crippen LogP contribution is 2.21. The van der Waals surface area contributed by atoms with Crippen molar-refractivity contribution in [3.8, 4) is 0 Å². The van der Waals surface area contributed by atoms with Gasteiger partial charge in [0.25, 0.3) is 0 Å². The maximum absolute atomic E-state index is 11.8. The third kappa shape index (κ3) is 1.59. The Hall–Kier alpha value is -0.223. The van der Waals surface area contributed by atoms with Crippen LogP contribution in [0.25, 0.3) is 0 Å². The van der Waals surface area contributed by atoms with Crippen LogP contribution in [0.1, 0.15) is 6.42 Å². The maximum atomic E-state index is 11.8. The second-order valence-electron chi connectivity index (χ2n) is 2.47. The van der Waals surface area contributed by atoms with Crippen LogP contribution in [0.15, 0.2) is 0 Å². The molecule has 0 aromatic rings. The highest BCUT2D eigenvalue weighted by molar-refractivity contribution is 6.12. The Morgan fingerprint density at radius 3 is 2.67 bits per heavy atom. The molecule has 4 heteroatoms. The fourth-order valence-corrected chi connectivity index (χ4v) is 1.56. The van der Waals surface area contributed by atoms with Crippen LogP contribution in [0, 0.1) is 0 Å². The van der Waals surface area contributed by atoms with Gasteiger partial charge in [0.05, 0.1) is 0 Å². The van der Waals surface area contributed by atoms with Crippen LogP contribution in [0.3, 0.4) is 0 Å². The third-order valence-electron chi connectivity index (χ3n) is 1.45. The van der Waals surface area contributed by atoms with Gasteiger partial charge in [0, 0.05) is 16.8 Å². The summed E-state index contributed by atoms with van der Waals surface area (Å²) >= 11 is 0. The predicted molar refractivity (Wildman–Crippen MR) is 34.2 cm³/mol. The molecule has 0 N–H and O–H groups in total. The summed E-state index contributed by atoms with van der Waals surface area (Å²) in [5.74, 6) is 0. The van der Waals surface area contributed by atoms with Gasteiger partial charge in [-0.15, -0.1) is 0 Å². The van der Waals surface area contributed by atoms with E-state index in [4.69, 9.17) is 4.74 Å². The molecule has 9 heavy (non-hydrogen) atoms. The van der Waals surface area contributed by atoms with E-state index < -0.39 is 12.1 Å². The van der Waals surface area contributed by atoms with Gasteiger partial charge < -0.3 is 4.74 Å². The van der Waals surface area contributed by atoms with Gasteiger partial charge in [0.2, 0.25) is 0 Å². The summed E-state index contributed by atoms with van der Waals surface area (Å²) in [6.45, 7) is 0.576. The number of hydrogen-bond acceptors (Lipinski definition) is 2. The summed E-state index contributed by atoms with van der Waals surface area (Å²) in [6.07, 6.45) is -0.130. The highest BCUT2D eigenvalue weighted by Gasteiger charge is 2.27. The van der Waals surface area contributed by atoms with Gasteiger partial charge in [0.1, 0.15) is 6.10 Å². The summed E-state index contributed by atoms with van der Waals surface area (Å²) in [4.78, 5) is 10.0. The van der Waals surface area contributed by atoms with Crippen LogP contribution < -0.4 is 0 Å². The zero-order chi connectivity index (χ0) is 6.85. The van der Waals surface area contributed by atoms with Crippen LogP contribution in [0.5, 0.6) is 0 Å². The Labute approximate surface area is 55.8 Å². The van der Waals surface area contributed by atoms with Crippen molar-refractivity contribution < 1.29 is 13.9 Å². The van der Waals surface area contributed by atoms with Crippen LogP contribution in [0.4, 0.5) is 4.39 Å². The van der Waals surface area contributed by atoms with Crippen molar-refractivity contribution in [1.29, 1.82) is 0 Å². The molecule has 1 rings (SSSR count). The zero-order valence-corrected chi connectivity index (χ0v) is 7.26. The Balaban J connectivity index is 2.39. The molecule has 52 valence electrons. The van der Waals surface area contributed by atoms with Crippen molar-refractivity contribution in [3.63, 3.8) is 0 Å². The molecule has 2 nitrogen and oxygen atoms in total. The lowest BCUT2D eigenvalue weighted by molar-refractivity contribution is -0.138. The molecular formula is C5H9FO2Si.